The summed E-state index contributed by atoms with van der Waals surface area (Å²) >= 11 is 0. The van der Waals surface area contributed by atoms with Gasteiger partial charge in [-0.25, -0.2) is 4.68 Å². The molecule has 1 unspecified atom stereocenters. The van der Waals surface area contributed by atoms with Crippen LogP contribution in [0.2, 0.25) is 0 Å². The number of rotatable bonds is 5. The highest BCUT2D eigenvalue weighted by Gasteiger charge is 2.16. The molecular weight excluding hydrogens is 262 g/mol. The van der Waals surface area contributed by atoms with Crippen LogP contribution in [0.15, 0.2) is 30.6 Å². The predicted octanol–water partition coefficient (Wildman–Crippen LogP) is -1.20. The molecule has 104 valence electrons. The van der Waals surface area contributed by atoms with Crippen molar-refractivity contribution in [2.75, 3.05) is 5.32 Å². The van der Waals surface area contributed by atoms with Gasteiger partial charge in [-0.05, 0) is 28.6 Å². The van der Waals surface area contributed by atoms with E-state index in [2.05, 4.69) is 20.8 Å². The Balaban J connectivity index is 2.08. The second-order valence-corrected chi connectivity index (χ2v) is 4.07. The van der Waals surface area contributed by atoms with Crippen LogP contribution < -0.4 is 16.8 Å². The molecule has 0 saturated carbocycles. The minimum absolute atomic E-state index is 0.210. The van der Waals surface area contributed by atoms with Gasteiger partial charge in [0, 0.05) is 5.69 Å². The van der Waals surface area contributed by atoms with Gasteiger partial charge in [0.25, 0.3) is 0 Å². The molecule has 0 radical (unpaired) electrons. The van der Waals surface area contributed by atoms with Crippen LogP contribution in [0.3, 0.4) is 0 Å². The molecule has 2 rings (SSSR count). The number of anilines is 1. The molecular formula is C11H13N7O2. The summed E-state index contributed by atoms with van der Waals surface area (Å²) in [7, 11) is 0. The minimum atomic E-state index is -0.982. The lowest BCUT2D eigenvalue weighted by Crippen LogP contribution is -2.39. The van der Waals surface area contributed by atoms with Crippen LogP contribution in [-0.4, -0.2) is 38.1 Å². The van der Waals surface area contributed by atoms with E-state index in [-0.39, 0.29) is 6.42 Å². The molecule has 0 aliphatic carbocycles. The van der Waals surface area contributed by atoms with E-state index in [1.807, 2.05) is 0 Å². The molecule has 9 heteroatoms. The quantitative estimate of drug-likeness (QED) is 0.626. The lowest BCUT2D eigenvalue weighted by atomic mass is 10.2. The Bertz CT molecular complexity index is 611. The van der Waals surface area contributed by atoms with Gasteiger partial charge >= 0.3 is 0 Å². The molecule has 9 nitrogen and oxygen atoms in total. The number of nitrogens with one attached hydrogen (secondary N) is 1. The number of hydrogen-bond donors (Lipinski definition) is 3. The van der Waals surface area contributed by atoms with E-state index in [1.54, 1.807) is 24.3 Å². The average molecular weight is 275 g/mol. The second-order valence-electron chi connectivity index (χ2n) is 4.07. The van der Waals surface area contributed by atoms with Crippen LogP contribution in [0, 0.1) is 0 Å². The van der Waals surface area contributed by atoms with Crippen LogP contribution in [0.1, 0.15) is 6.42 Å². The van der Waals surface area contributed by atoms with E-state index < -0.39 is 17.9 Å². The first kappa shape index (κ1) is 13.6. The van der Waals surface area contributed by atoms with Gasteiger partial charge < -0.3 is 16.8 Å². The highest BCUT2D eigenvalue weighted by atomic mass is 16.2. The van der Waals surface area contributed by atoms with E-state index in [0.29, 0.717) is 11.4 Å². The molecule has 2 amide bonds. The van der Waals surface area contributed by atoms with Gasteiger partial charge in [0.2, 0.25) is 11.8 Å². The Morgan fingerprint density at radius 3 is 2.85 bits per heavy atom. The highest BCUT2D eigenvalue weighted by molar-refractivity contribution is 5.97. The van der Waals surface area contributed by atoms with Crippen molar-refractivity contribution in [2.24, 2.45) is 11.5 Å². The maximum absolute atomic E-state index is 11.8. The lowest BCUT2D eigenvalue weighted by molar-refractivity contribution is -0.123. The molecule has 0 fully saturated rings. The third kappa shape index (κ3) is 3.36. The number of primary amides is 1. The molecule has 1 aromatic carbocycles. The lowest BCUT2D eigenvalue weighted by Gasteiger charge is -2.11. The van der Waals surface area contributed by atoms with Crippen molar-refractivity contribution in [3.63, 3.8) is 0 Å². The summed E-state index contributed by atoms with van der Waals surface area (Å²) in [5.74, 6) is -1.12. The van der Waals surface area contributed by atoms with Gasteiger partial charge in [0.1, 0.15) is 6.33 Å². The number of carbonyl (C=O) groups is 2. The fourth-order valence-corrected chi connectivity index (χ4v) is 1.55. The van der Waals surface area contributed by atoms with Crippen molar-refractivity contribution >= 4 is 17.5 Å². The van der Waals surface area contributed by atoms with E-state index >= 15 is 0 Å². The fraction of sp³-hybridized carbons (Fsp3) is 0.182. The standard InChI is InChI=1S/C11H13N7O2/c12-9(5-10(13)19)11(20)15-7-2-1-3-8(4-7)18-6-14-16-17-18/h1-4,6,9H,5,12H2,(H2,13,19)(H,15,20). The maximum atomic E-state index is 11.8. The van der Waals surface area contributed by atoms with Gasteiger partial charge in [-0.3, -0.25) is 9.59 Å². The summed E-state index contributed by atoms with van der Waals surface area (Å²) in [5.41, 5.74) is 11.7. The molecule has 0 aliphatic heterocycles. The maximum Gasteiger partial charge on any atom is 0.241 e. The Morgan fingerprint density at radius 2 is 2.20 bits per heavy atom. The molecule has 20 heavy (non-hydrogen) atoms. The van der Waals surface area contributed by atoms with Crippen LogP contribution in [0.25, 0.3) is 5.69 Å². The normalized spacial score (nSPS) is 11.8. The SMILES string of the molecule is NC(=O)CC(N)C(=O)Nc1cccc(-n2cnnn2)c1. The summed E-state index contributed by atoms with van der Waals surface area (Å²) in [6, 6.07) is 5.87. The summed E-state index contributed by atoms with van der Waals surface area (Å²) in [6.45, 7) is 0. The second kappa shape index (κ2) is 5.89. The number of carbonyl (C=O) groups excluding carboxylic acids is 2. The Morgan fingerprint density at radius 1 is 1.40 bits per heavy atom. The van der Waals surface area contributed by atoms with Crippen molar-refractivity contribution in [1.29, 1.82) is 0 Å². The zero-order valence-electron chi connectivity index (χ0n) is 10.4. The zero-order valence-corrected chi connectivity index (χ0v) is 10.4. The van der Waals surface area contributed by atoms with Gasteiger partial charge in [-0.2, -0.15) is 0 Å². The van der Waals surface area contributed by atoms with Crippen LogP contribution in [0.5, 0.6) is 0 Å². The Labute approximate surface area is 113 Å². The predicted molar refractivity (Wildman–Crippen MR) is 69.6 cm³/mol. The van der Waals surface area contributed by atoms with Crippen LogP contribution >= 0.6 is 0 Å². The minimum Gasteiger partial charge on any atom is -0.370 e. The van der Waals surface area contributed by atoms with Crippen LogP contribution in [0.4, 0.5) is 5.69 Å². The fourth-order valence-electron chi connectivity index (χ4n) is 1.55. The Kier molecular flexibility index (Phi) is 4.01. The monoisotopic (exact) mass is 275 g/mol. The third-order valence-electron chi connectivity index (χ3n) is 2.49. The Hall–Kier alpha value is -2.81. The smallest absolute Gasteiger partial charge is 0.241 e. The molecule has 1 heterocycles. The zero-order chi connectivity index (χ0) is 14.5. The van der Waals surface area contributed by atoms with Crippen molar-refractivity contribution in [3.8, 4) is 5.69 Å². The van der Waals surface area contributed by atoms with E-state index in [4.69, 9.17) is 11.5 Å². The number of tetrazole rings is 1. The van der Waals surface area contributed by atoms with E-state index in [0.717, 1.165) is 0 Å². The topological polar surface area (TPSA) is 142 Å². The molecule has 0 bridgehead atoms. The van der Waals surface area contributed by atoms with E-state index in [1.165, 1.54) is 11.0 Å². The molecule has 1 aromatic heterocycles. The third-order valence-corrected chi connectivity index (χ3v) is 2.49. The summed E-state index contributed by atoms with van der Waals surface area (Å²) in [5, 5.41) is 13.4. The van der Waals surface area contributed by atoms with Gasteiger partial charge in [-0.15, -0.1) is 5.10 Å². The molecule has 1 atom stereocenters. The van der Waals surface area contributed by atoms with Gasteiger partial charge in [-0.1, -0.05) is 6.07 Å². The van der Waals surface area contributed by atoms with Crippen LogP contribution in [-0.2, 0) is 9.59 Å². The van der Waals surface area contributed by atoms with Gasteiger partial charge in [0.15, 0.2) is 0 Å². The number of aromatic nitrogens is 4. The summed E-state index contributed by atoms with van der Waals surface area (Å²) in [4.78, 5) is 22.5. The highest BCUT2D eigenvalue weighted by Crippen LogP contribution is 2.13. The number of benzene rings is 1. The first-order valence-corrected chi connectivity index (χ1v) is 5.74. The molecule has 0 saturated heterocycles. The number of amides is 2. The molecule has 0 aliphatic rings. The van der Waals surface area contributed by atoms with Crippen molar-refractivity contribution in [1.82, 2.24) is 20.2 Å². The van der Waals surface area contributed by atoms with Crippen molar-refractivity contribution in [3.05, 3.63) is 30.6 Å². The van der Waals surface area contributed by atoms with Gasteiger partial charge in [0.05, 0.1) is 18.2 Å². The number of hydrogen-bond acceptors (Lipinski definition) is 6. The first-order chi connectivity index (χ1) is 9.56. The van der Waals surface area contributed by atoms with Crippen molar-refractivity contribution < 1.29 is 9.59 Å². The average Bonchev–Trinajstić information content (AvgIpc) is 2.92. The summed E-state index contributed by atoms with van der Waals surface area (Å²) < 4.78 is 1.44. The van der Waals surface area contributed by atoms with E-state index in [9.17, 15) is 9.59 Å². The molecule has 0 spiro atoms. The first-order valence-electron chi connectivity index (χ1n) is 5.74. The molecule has 5 N–H and O–H groups in total. The number of nitrogens with zero attached hydrogens (tertiary/aromatic N) is 4. The molecule has 2 aromatic rings. The largest absolute Gasteiger partial charge is 0.370 e. The van der Waals surface area contributed by atoms with Crippen molar-refractivity contribution in [2.45, 2.75) is 12.5 Å². The summed E-state index contributed by atoms with van der Waals surface area (Å²) in [6.07, 6.45) is 1.22. The number of nitrogens with two attached hydrogens (primary N) is 2.